The minimum Gasteiger partial charge on any atom is -0.490 e. The van der Waals surface area contributed by atoms with Crippen LogP contribution in [0.5, 0.6) is 5.75 Å². The Bertz CT molecular complexity index is 978. The lowest BCUT2D eigenvalue weighted by atomic mass is 9.93. The van der Waals surface area contributed by atoms with Crippen LogP contribution < -0.4 is 15.0 Å². The second-order valence-corrected chi connectivity index (χ2v) is 9.68. The zero-order valence-electron chi connectivity index (χ0n) is 17.7. The second kappa shape index (κ2) is 10.5. The number of nitrogens with one attached hydrogen (secondary N) is 1. The third-order valence-corrected chi connectivity index (χ3v) is 7.42. The van der Waals surface area contributed by atoms with Crippen molar-refractivity contribution < 1.29 is 14.6 Å². The zero-order valence-corrected chi connectivity index (χ0v) is 19.2. The molecule has 10 heteroatoms. The summed E-state index contributed by atoms with van der Waals surface area (Å²) in [7, 11) is 0. The van der Waals surface area contributed by atoms with Crippen molar-refractivity contribution >= 4 is 34.0 Å². The Morgan fingerprint density at radius 1 is 1.25 bits per heavy atom. The average molecular weight is 476 g/mol. The van der Waals surface area contributed by atoms with Crippen LogP contribution in [-0.4, -0.2) is 53.1 Å². The van der Waals surface area contributed by atoms with Gasteiger partial charge in [-0.25, -0.2) is 0 Å². The zero-order chi connectivity index (χ0) is 22.5. The minimum atomic E-state index is -0.178. The molecule has 1 aliphatic carbocycles. The molecule has 2 fully saturated rings. The Morgan fingerprint density at radius 3 is 2.66 bits per heavy atom. The third kappa shape index (κ3) is 5.49. The van der Waals surface area contributed by atoms with Gasteiger partial charge < -0.3 is 20.1 Å². The van der Waals surface area contributed by atoms with Crippen molar-refractivity contribution in [1.29, 1.82) is 5.26 Å². The number of benzene rings is 1. The molecule has 1 saturated carbocycles. The third-order valence-electron chi connectivity index (χ3n) is 6.13. The maximum atomic E-state index is 12.7. The molecule has 1 aromatic heterocycles. The minimum absolute atomic E-state index is 0.0575. The number of aromatic nitrogens is 2. The summed E-state index contributed by atoms with van der Waals surface area (Å²) < 4.78 is 6.01. The number of halogens is 1. The van der Waals surface area contributed by atoms with Crippen molar-refractivity contribution in [2.75, 3.05) is 24.6 Å². The van der Waals surface area contributed by atoms with E-state index in [1.54, 1.807) is 18.2 Å². The lowest BCUT2D eigenvalue weighted by molar-refractivity contribution is 0.0893. The van der Waals surface area contributed by atoms with Crippen LogP contribution in [0.3, 0.4) is 0 Å². The number of carbonyl (C=O) groups excluding carboxylic acids is 1. The van der Waals surface area contributed by atoms with Crippen LogP contribution in [-0.2, 0) is 0 Å². The smallest absolute Gasteiger partial charge is 0.282 e. The quantitative estimate of drug-likeness (QED) is 0.658. The fraction of sp³-hybridized carbons (Fsp3) is 0.545. The van der Waals surface area contributed by atoms with Gasteiger partial charge in [-0.2, -0.15) is 5.26 Å². The van der Waals surface area contributed by atoms with Crippen LogP contribution in [0.15, 0.2) is 18.2 Å². The number of hydrogen-bond donors (Lipinski definition) is 2. The highest BCUT2D eigenvalue weighted by Crippen LogP contribution is 2.29. The van der Waals surface area contributed by atoms with Crippen LogP contribution in [0.4, 0.5) is 5.13 Å². The number of amides is 1. The molecular formula is C22H26ClN5O3S. The summed E-state index contributed by atoms with van der Waals surface area (Å²) in [5, 5.41) is 31.2. The lowest BCUT2D eigenvalue weighted by Gasteiger charge is -2.30. The predicted molar refractivity (Wildman–Crippen MR) is 122 cm³/mol. The van der Waals surface area contributed by atoms with Gasteiger partial charge >= 0.3 is 0 Å². The van der Waals surface area contributed by atoms with Crippen LogP contribution in [0.2, 0.25) is 5.02 Å². The highest BCUT2D eigenvalue weighted by atomic mass is 35.5. The second-order valence-electron chi connectivity index (χ2n) is 8.32. The molecule has 0 atom stereocenters. The highest BCUT2D eigenvalue weighted by Gasteiger charge is 2.27. The number of ether oxygens (including phenoxy) is 1. The molecule has 0 spiro atoms. The van der Waals surface area contributed by atoms with E-state index < -0.39 is 0 Å². The van der Waals surface area contributed by atoms with E-state index in [0.717, 1.165) is 56.7 Å². The standard InChI is InChI=1S/C22H26ClN5O3S/c23-19-11-18(4-1-15(19)12-24)31-17-5-2-16(3-6-17)25-20(30)21-26-27-22(32-21)28-9-7-14(13-29)8-10-28/h1,4,11,14,16-17,29H,2-3,5-10,13H2,(H,25,30). The van der Waals surface area contributed by atoms with Gasteiger partial charge in [0.15, 0.2) is 0 Å². The number of nitriles is 1. The Kier molecular flexibility index (Phi) is 7.45. The van der Waals surface area contributed by atoms with Crippen molar-refractivity contribution in [1.82, 2.24) is 15.5 Å². The Morgan fingerprint density at radius 2 is 2.00 bits per heavy atom. The first-order valence-corrected chi connectivity index (χ1v) is 12.1. The molecule has 2 N–H and O–H groups in total. The molecule has 32 heavy (non-hydrogen) atoms. The van der Waals surface area contributed by atoms with Crippen molar-refractivity contribution in [3.63, 3.8) is 0 Å². The van der Waals surface area contributed by atoms with E-state index in [4.69, 9.17) is 21.6 Å². The maximum absolute atomic E-state index is 12.7. The molecule has 1 amide bonds. The summed E-state index contributed by atoms with van der Waals surface area (Å²) in [6.45, 7) is 1.89. The van der Waals surface area contributed by atoms with Gasteiger partial charge in [-0.05, 0) is 56.6 Å². The topological polar surface area (TPSA) is 111 Å². The summed E-state index contributed by atoms with van der Waals surface area (Å²) in [5.74, 6) is 0.836. The van der Waals surface area contributed by atoms with Gasteiger partial charge in [0.05, 0.1) is 16.7 Å². The first-order chi connectivity index (χ1) is 15.6. The van der Waals surface area contributed by atoms with Gasteiger partial charge in [0, 0.05) is 31.8 Å². The van der Waals surface area contributed by atoms with Gasteiger partial charge in [-0.3, -0.25) is 4.79 Å². The number of nitrogens with zero attached hydrogens (tertiary/aromatic N) is 4. The molecule has 1 aromatic carbocycles. The van der Waals surface area contributed by atoms with E-state index in [9.17, 15) is 9.90 Å². The lowest BCUT2D eigenvalue weighted by Crippen LogP contribution is -2.39. The number of piperidine rings is 1. The Balaban J connectivity index is 1.24. The molecule has 4 rings (SSSR count). The number of aliphatic hydroxyl groups excluding tert-OH is 1. The number of aliphatic hydroxyl groups is 1. The molecule has 1 aliphatic heterocycles. The highest BCUT2D eigenvalue weighted by molar-refractivity contribution is 7.17. The number of rotatable bonds is 6. The molecule has 2 heterocycles. The van der Waals surface area contributed by atoms with Gasteiger partial charge in [0.25, 0.3) is 5.91 Å². The van der Waals surface area contributed by atoms with Crippen LogP contribution >= 0.6 is 22.9 Å². The van der Waals surface area contributed by atoms with Gasteiger partial charge in [-0.1, -0.05) is 22.9 Å². The molecule has 2 aromatic rings. The Labute approximate surface area is 196 Å². The molecule has 2 aliphatic rings. The molecule has 1 saturated heterocycles. The average Bonchev–Trinajstić information content (AvgIpc) is 3.31. The van der Waals surface area contributed by atoms with Crippen molar-refractivity contribution in [3.05, 3.63) is 33.8 Å². The van der Waals surface area contributed by atoms with E-state index >= 15 is 0 Å². The predicted octanol–water partition coefficient (Wildman–Crippen LogP) is 3.39. The summed E-state index contributed by atoms with van der Waals surface area (Å²) in [4.78, 5) is 14.8. The normalized spacial score (nSPS) is 21.7. The number of hydrogen-bond acceptors (Lipinski definition) is 8. The largest absolute Gasteiger partial charge is 0.490 e. The van der Waals surface area contributed by atoms with Crippen molar-refractivity contribution in [3.8, 4) is 11.8 Å². The number of carbonyl (C=O) groups is 1. The fourth-order valence-corrected chi connectivity index (χ4v) is 5.18. The Hall–Kier alpha value is -2.41. The molecule has 0 bridgehead atoms. The fourth-order valence-electron chi connectivity index (χ4n) is 4.17. The van der Waals surface area contributed by atoms with Crippen LogP contribution in [0, 0.1) is 17.2 Å². The SMILES string of the molecule is N#Cc1ccc(OC2CCC(NC(=O)c3nnc(N4CCC(CO)CC4)s3)CC2)cc1Cl. The molecule has 8 nitrogen and oxygen atoms in total. The van der Waals surface area contributed by atoms with Crippen molar-refractivity contribution in [2.24, 2.45) is 5.92 Å². The molecular weight excluding hydrogens is 450 g/mol. The van der Waals surface area contributed by atoms with Gasteiger partial charge in [0.2, 0.25) is 10.1 Å². The monoisotopic (exact) mass is 475 g/mol. The summed E-state index contributed by atoms with van der Waals surface area (Å²) in [6.07, 6.45) is 5.20. The summed E-state index contributed by atoms with van der Waals surface area (Å²) >= 11 is 7.40. The van der Waals surface area contributed by atoms with Crippen LogP contribution in [0.1, 0.15) is 53.9 Å². The van der Waals surface area contributed by atoms with E-state index in [1.807, 2.05) is 6.07 Å². The van der Waals surface area contributed by atoms with E-state index in [-0.39, 0.29) is 24.7 Å². The van der Waals surface area contributed by atoms with Gasteiger partial charge in [-0.15, -0.1) is 10.2 Å². The van der Waals surface area contributed by atoms with E-state index in [2.05, 4.69) is 20.4 Å². The number of anilines is 1. The molecule has 0 radical (unpaired) electrons. The summed E-state index contributed by atoms with van der Waals surface area (Å²) in [6, 6.07) is 7.22. The molecule has 170 valence electrons. The van der Waals surface area contributed by atoms with Crippen LogP contribution in [0.25, 0.3) is 0 Å². The first-order valence-electron chi connectivity index (χ1n) is 10.9. The van der Waals surface area contributed by atoms with Crippen molar-refractivity contribution in [2.45, 2.75) is 50.7 Å². The van der Waals surface area contributed by atoms with Gasteiger partial charge in [0.1, 0.15) is 11.8 Å². The maximum Gasteiger partial charge on any atom is 0.282 e. The molecule has 0 unspecified atom stereocenters. The van der Waals surface area contributed by atoms with E-state index in [1.165, 1.54) is 11.3 Å². The van der Waals surface area contributed by atoms with E-state index in [0.29, 0.717) is 27.3 Å². The summed E-state index contributed by atoms with van der Waals surface area (Å²) in [5.41, 5.74) is 0.430. The first kappa shape index (κ1) is 22.8.